The number of esters is 2. The van der Waals surface area contributed by atoms with Gasteiger partial charge >= 0.3 is 11.9 Å². The first kappa shape index (κ1) is 20.1. The first-order valence-electron chi connectivity index (χ1n) is 8.98. The predicted octanol–water partition coefficient (Wildman–Crippen LogP) is 4.28. The minimum Gasteiger partial charge on any atom is -0.465 e. The number of ketones is 1. The van der Waals surface area contributed by atoms with E-state index in [4.69, 9.17) is 18.3 Å². The Balaban J connectivity index is 2.14. The molecule has 0 radical (unpaired) electrons. The monoisotopic (exact) mass is 396 g/mol. The number of ether oxygens (including phenoxy) is 2. The van der Waals surface area contributed by atoms with Gasteiger partial charge in [-0.25, -0.2) is 0 Å². The van der Waals surface area contributed by atoms with Crippen LogP contribution in [0.1, 0.15) is 47.9 Å². The summed E-state index contributed by atoms with van der Waals surface area (Å²) in [6.07, 6.45) is 0.544. The second-order valence-electron chi connectivity index (χ2n) is 6.35. The molecule has 0 spiro atoms. The van der Waals surface area contributed by atoms with E-state index in [1.165, 1.54) is 26.4 Å². The van der Waals surface area contributed by atoms with Crippen molar-refractivity contribution in [1.29, 1.82) is 0 Å². The summed E-state index contributed by atoms with van der Waals surface area (Å²) in [5.74, 6) is -2.26. The second-order valence-corrected chi connectivity index (χ2v) is 6.35. The van der Waals surface area contributed by atoms with Gasteiger partial charge in [-0.05, 0) is 24.3 Å². The molecule has 2 heterocycles. The molecule has 29 heavy (non-hydrogen) atoms. The van der Waals surface area contributed by atoms with E-state index in [-0.39, 0.29) is 11.5 Å². The summed E-state index contributed by atoms with van der Waals surface area (Å²) in [6.45, 7) is 2.46. The Morgan fingerprint density at radius 3 is 1.59 bits per heavy atom. The average molecular weight is 396 g/mol. The van der Waals surface area contributed by atoms with Gasteiger partial charge < -0.3 is 18.3 Å². The predicted molar refractivity (Wildman–Crippen MR) is 101 cm³/mol. The topological polar surface area (TPSA) is 96.0 Å². The first-order chi connectivity index (χ1) is 14.0. The SMILES string of the molecule is CC(=O)O[C@@H](c1ccco1)C(C(=O)c1ccccc1)[C@@H](OC(C)=O)c1ccco1. The number of carbonyl (C=O) groups is 3. The zero-order chi connectivity index (χ0) is 20.8. The van der Waals surface area contributed by atoms with Crippen LogP contribution in [-0.4, -0.2) is 17.7 Å². The van der Waals surface area contributed by atoms with E-state index in [0.717, 1.165) is 0 Å². The Morgan fingerprint density at radius 1 is 0.724 bits per heavy atom. The quantitative estimate of drug-likeness (QED) is 0.414. The van der Waals surface area contributed by atoms with Crippen LogP contribution in [0.25, 0.3) is 0 Å². The molecule has 0 saturated carbocycles. The van der Waals surface area contributed by atoms with Crippen LogP contribution in [0, 0.1) is 5.92 Å². The number of furan rings is 2. The molecule has 0 aliphatic heterocycles. The molecule has 0 saturated heterocycles. The number of benzene rings is 1. The highest BCUT2D eigenvalue weighted by molar-refractivity contribution is 5.99. The molecule has 2 atom stereocenters. The van der Waals surface area contributed by atoms with Crippen LogP contribution in [0.3, 0.4) is 0 Å². The zero-order valence-corrected chi connectivity index (χ0v) is 15.9. The summed E-state index contributed by atoms with van der Waals surface area (Å²) < 4.78 is 21.8. The van der Waals surface area contributed by atoms with Crippen molar-refractivity contribution < 1.29 is 32.7 Å². The van der Waals surface area contributed by atoms with Crippen molar-refractivity contribution in [2.75, 3.05) is 0 Å². The van der Waals surface area contributed by atoms with E-state index in [9.17, 15) is 14.4 Å². The van der Waals surface area contributed by atoms with Crippen molar-refractivity contribution in [1.82, 2.24) is 0 Å². The van der Waals surface area contributed by atoms with Crippen molar-refractivity contribution >= 4 is 17.7 Å². The minimum absolute atomic E-state index is 0.248. The Bertz CT molecular complexity index is 888. The van der Waals surface area contributed by atoms with Crippen LogP contribution >= 0.6 is 0 Å². The van der Waals surface area contributed by atoms with E-state index < -0.39 is 35.8 Å². The van der Waals surface area contributed by atoms with Crippen LogP contribution in [0.15, 0.2) is 76.0 Å². The Hall–Kier alpha value is -3.61. The maximum atomic E-state index is 13.5. The second kappa shape index (κ2) is 9.05. The van der Waals surface area contributed by atoms with Crippen molar-refractivity contribution in [3.63, 3.8) is 0 Å². The fourth-order valence-electron chi connectivity index (χ4n) is 3.11. The molecule has 0 N–H and O–H groups in total. The smallest absolute Gasteiger partial charge is 0.303 e. The third-order valence-electron chi connectivity index (χ3n) is 4.25. The van der Waals surface area contributed by atoms with Gasteiger partial charge in [-0.1, -0.05) is 30.3 Å². The van der Waals surface area contributed by atoms with Crippen LogP contribution in [-0.2, 0) is 19.1 Å². The maximum absolute atomic E-state index is 13.5. The van der Waals surface area contributed by atoms with E-state index in [2.05, 4.69) is 0 Å². The van der Waals surface area contributed by atoms with Crippen molar-refractivity contribution in [2.24, 2.45) is 5.92 Å². The molecular weight excluding hydrogens is 376 g/mol. The van der Waals surface area contributed by atoms with Gasteiger partial charge in [-0.3, -0.25) is 14.4 Å². The van der Waals surface area contributed by atoms with E-state index >= 15 is 0 Å². The third-order valence-corrected chi connectivity index (χ3v) is 4.25. The van der Waals surface area contributed by atoms with Crippen LogP contribution < -0.4 is 0 Å². The molecule has 3 rings (SSSR count). The summed E-state index contributed by atoms with van der Waals surface area (Å²) in [6, 6.07) is 14.9. The Labute approximate surface area is 167 Å². The minimum atomic E-state index is -1.14. The Kier molecular flexibility index (Phi) is 6.29. The average Bonchev–Trinajstić information content (AvgIpc) is 3.40. The fraction of sp³-hybridized carbons (Fsp3) is 0.227. The fourth-order valence-corrected chi connectivity index (χ4v) is 3.11. The Morgan fingerprint density at radius 2 is 1.21 bits per heavy atom. The molecule has 1 aromatic carbocycles. The summed E-state index contributed by atoms with van der Waals surface area (Å²) in [5.41, 5.74) is 0.366. The molecule has 0 amide bonds. The normalized spacial score (nSPS) is 12.9. The van der Waals surface area contributed by atoms with Crippen LogP contribution in [0.2, 0.25) is 0 Å². The van der Waals surface area contributed by atoms with Crippen molar-refractivity contribution in [3.8, 4) is 0 Å². The van der Waals surface area contributed by atoms with Crippen LogP contribution in [0.5, 0.6) is 0 Å². The lowest BCUT2D eigenvalue weighted by Crippen LogP contribution is -2.33. The molecular formula is C22H20O7. The van der Waals surface area contributed by atoms with Gasteiger partial charge in [-0.15, -0.1) is 0 Å². The molecule has 3 aromatic rings. The van der Waals surface area contributed by atoms with E-state index in [1.54, 1.807) is 54.6 Å². The number of hydrogen-bond acceptors (Lipinski definition) is 7. The number of Topliss-reactive ketones (excluding diaryl/α,β-unsaturated/α-hetero) is 1. The summed E-state index contributed by atoms with van der Waals surface area (Å²) in [5, 5.41) is 0. The van der Waals surface area contributed by atoms with Gasteiger partial charge in [0.05, 0.1) is 12.5 Å². The molecule has 0 aliphatic rings. The lowest BCUT2D eigenvalue weighted by Gasteiger charge is -2.29. The molecule has 0 fully saturated rings. The highest BCUT2D eigenvalue weighted by atomic mass is 16.6. The summed E-state index contributed by atoms with van der Waals surface area (Å²) in [7, 11) is 0. The van der Waals surface area contributed by atoms with Gasteiger partial charge in [-0.2, -0.15) is 0 Å². The number of hydrogen-bond donors (Lipinski definition) is 0. The first-order valence-corrected chi connectivity index (χ1v) is 8.98. The standard InChI is InChI=1S/C22H20O7/c1-14(23)28-21(17-10-6-12-26-17)19(20(25)16-8-4-3-5-9-16)22(29-15(2)24)18-11-7-13-27-18/h3-13,19,21-22H,1-2H3/t21-,22-/m0/s1. The third kappa shape index (κ3) is 4.82. The summed E-state index contributed by atoms with van der Waals surface area (Å²) in [4.78, 5) is 37.2. The van der Waals surface area contributed by atoms with E-state index in [1.807, 2.05) is 0 Å². The largest absolute Gasteiger partial charge is 0.465 e. The lowest BCUT2D eigenvalue weighted by atomic mass is 9.85. The van der Waals surface area contributed by atoms with E-state index in [0.29, 0.717) is 5.56 Å². The van der Waals surface area contributed by atoms with Crippen molar-refractivity contribution in [3.05, 3.63) is 84.2 Å². The maximum Gasteiger partial charge on any atom is 0.303 e. The van der Waals surface area contributed by atoms with Gasteiger partial charge in [0.25, 0.3) is 0 Å². The molecule has 0 bridgehead atoms. The molecule has 150 valence electrons. The highest BCUT2D eigenvalue weighted by Crippen LogP contribution is 2.40. The van der Waals surface area contributed by atoms with Gasteiger partial charge in [0.2, 0.25) is 0 Å². The highest BCUT2D eigenvalue weighted by Gasteiger charge is 2.44. The van der Waals surface area contributed by atoms with Gasteiger partial charge in [0, 0.05) is 19.4 Å². The van der Waals surface area contributed by atoms with Crippen LogP contribution in [0.4, 0.5) is 0 Å². The van der Waals surface area contributed by atoms with Crippen molar-refractivity contribution in [2.45, 2.75) is 26.1 Å². The number of rotatable bonds is 8. The molecule has 0 unspecified atom stereocenters. The van der Waals surface area contributed by atoms with Gasteiger partial charge in [0.15, 0.2) is 18.0 Å². The zero-order valence-electron chi connectivity index (χ0n) is 15.9. The summed E-state index contributed by atoms with van der Waals surface area (Å²) >= 11 is 0. The van der Waals surface area contributed by atoms with Gasteiger partial charge in [0.1, 0.15) is 17.4 Å². The number of carbonyl (C=O) groups excluding carboxylic acids is 3. The molecule has 0 aliphatic carbocycles. The molecule has 2 aromatic heterocycles. The molecule has 7 nitrogen and oxygen atoms in total. The lowest BCUT2D eigenvalue weighted by molar-refractivity contribution is -0.159. The molecule has 7 heteroatoms.